The molecule has 0 bridgehead atoms. The van der Waals surface area contributed by atoms with Crippen LogP contribution >= 0.6 is 0 Å². The first-order valence-electron chi connectivity index (χ1n) is 14.6. The summed E-state index contributed by atoms with van der Waals surface area (Å²) in [7, 11) is 1.64. The maximum atomic E-state index is 15.0. The van der Waals surface area contributed by atoms with Crippen molar-refractivity contribution in [2.24, 2.45) is 5.16 Å². The summed E-state index contributed by atoms with van der Waals surface area (Å²) in [5, 5.41) is 15.7. The van der Waals surface area contributed by atoms with Crippen molar-refractivity contribution in [3.8, 4) is 16.9 Å². The molecule has 220 valence electrons. The molecule has 1 N–H and O–H groups in total. The van der Waals surface area contributed by atoms with Gasteiger partial charge in [0.2, 0.25) is 0 Å². The summed E-state index contributed by atoms with van der Waals surface area (Å²) < 4.78 is 34.2. The number of likely N-dealkylation sites (N-methyl/N-ethyl adjacent to an activating group) is 1. The molecule has 42 heavy (non-hydrogen) atoms. The zero-order valence-corrected chi connectivity index (χ0v) is 23.6. The van der Waals surface area contributed by atoms with Gasteiger partial charge >= 0.3 is 0 Å². The number of benzene rings is 3. The van der Waals surface area contributed by atoms with Crippen molar-refractivity contribution in [3.05, 3.63) is 89.0 Å². The molecular formula is C33H35F2N3O4. The second-order valence-electron chi connectivity index (χ2n) is 11.4. The number of hydrogen-bond donors (Lipinski definition) is 1. The number of carbonyl (C=O) groups is 1. The van der Waals surface area contributed by atoms with Crippen LogP contribution in [-0.4, -0.2) is 65.4 Å². The van der Waals surface area contributed by atoms with Crippen molar-refractivity contribution < 1.29 is 28.3 Å². The van der Waals surface area contributed by atoms with E-state index in [4.69, 9.17) is 9.57 Å². The number of aliphatic hydroxyl groups is 1. The van der Waals surface area contributed by atoms with Crippen LogP contribution in [0.15, 0.2) is 65.8 Å². The van der Waals surface area contributed by atoms with E-state index in [1.54, 1.807) is 31.3 Å². The first-order chi connectivity index (χ1) is 20.4. The Bertz CT molecular complexity index is 1470. The quantitative estimate of drug-likeness (QED) is 0.367. The molecule has 3 aromatic rings. The number of likely N-dealkylation sites (tertiary alicyclic amines) is 1. The molecule has 2 heterocycles. The van der Waals surface area contributed by atoms with E-state index in [2.05, 4.69) is 10.1 Å². The van der Waals surface area contributed by atoms with Crippen LogP contribution in [-0.2, 0) is 16.2 Å². The monoisotopic (exact) mass is 575 g/mol. The van der Waals surface area contributed by atoms with Crippen LogP contribution in [0.4, 0.5) is 8.78 Å². The average Bonchev–Trinajstić information content (AvgIpc) is 3.50. The maximum absolute atomic E-state index is 15.0. The molecule has 2 aliphatic heterocycles. The molecule has 1 amide bonds. The molecule has 6 rings (SSSR count). The number of aliphatic hydroxyl groups excluding tert-OH is 1. The molecule has 1 saturated heterocycles. The third kappa shape index (κ3) is 5.89. The largest absolute Gasteiger partial charge is 0.487 e. The fourth-order valence-electron chi connectivity index (χ4n) is 5.80. The van der Waals surface area contributed by atoms with E-state index in [0.29, 0.717) is 17.7 Å². The molecule has 2 fully saturated rings. The van der Waals surface area contributed by atoms with Crippen LogP contribution in [0.25, 0.3) is 11.1 Å². The predicted octanol–water partition coefficient (Wildman–Crippen LogP) is 5.45. The second kappa shape index (κ2) is 12.2. The van der Waals surface area contributed by atoms with Crippen LogP contribution in [0.3, 0.4) is 0 Å². The highest BCUT2D eigenvalue weighted by atomic mass is 19.1. The van der Waals surface area contributed by atoms with Gasteiger partial charge in [0.1, 0.15) is 18.5 Å². The molecule has 0 unspecified atom stereocenters. The number of fused-ring (bicyclic) bond motifs is 1. The lowest BCUT2D eigenvalue weighted by atomic mass is 9.95. The Labute approximate surface area is 244 Å². The summed E-state index contributed by atoms with van der Waals surface area (Å²) in [6, 6.07) is 15.7. The highest BCUT2D eigenvalue weighted by Gasteiger charge is 2.35. The minimum Gasteiger partial charge on any atom is -0.487 e. The lowest BCUT2D eigenvalue weighted by Crippen LogP contribution is -2.50. The molecule has 7 nitrogen and oxygen atoms in total. The number of nitrogens with zero attached hydrogens (tertiary/aromatic N) is 3. The van der Waals surface area contributed by atoms with Gasteiger partial charge in [-0.05, 0) is 92.2 Å². The number of ether oxygens (including phenoxy) is 1. The zero-order valence-electron chi connectivity index (χ0n) is 23.6. The summed E-state index contributed by atoms with van der Waals surface area (Å²) in [6.07, 6.45) is 3.90. The minimum atomic E-state index is -1.14. The number of amides is 1. The van der Waals surface area contributed by atoms with Crippen LogP contribution in [0.5, 0.6) is 5.75 Å². The second-order valence-corrected chi connectivity index (χ2v) is 11.4. The van der Waals surface area contributed by atoms with Crippen LogP contribution in [0.2, 0.25) is 0 Å². The van der Waals surface area contributed by atoms with E-state index < -0.39 is 23.9 Å². The number of carbonyl (C=O) groups excluding carboxylic acids is 1. The summed E-state index contributed by atoms with van der Waals surface area (Å²) in [5.74, 6) is -1.06. The minimum absolute atomic E-state index is 0.0371. The molecule has 3 aliphatic rings. The van der Waals surface area contributed by atoms with Crippen molar-refractivity contribution in [1.82, 2.24) is 9.80 Å². The first kappa shape index (κ1) is 28.3. The fourth-order valence-corrected chi connectivity index (χ4v) is 5.80. The van der Waals surface area contributed by atoms with Crippen molar-refractivity contribution in [1.29, 1.82) is 0 Å². The Hall–Kier alpha value is -3.82. The number of rotatable bonds is 9. The molecule has 1 aliphatic carbocycles. The van der Waals surface area contributed by atoms with E-state index in [1.165, 1.54) is 23.1 Å². The van der Waals surface area contributed by atoms with Gasteiger partial charge in [-0.25, -0.2) is 8.78 Å². The maximum Gasteiger partial charge on any atom is 0.276 e. The average molecular weight is 576 g/mol. The van der Waals surface area contributed by atoms with Crippen LogP contribution < -0.4 is 4.74 Å². The van der Waals surface area contributed by atoms with Crippen molar-refractivity contribution in [2.75, 3.05) is 26.7 Å². The standard InChI is InChI=1S/C33H35F2N3O4/c1-37(33(40)31-27-13-9-22(17-24(27)20-41-36-31)21-7-11-25(34)12-8-21)29(19-38-15-2-3-16-38)32(39)23-10-14-30(28(35)18-23)42-26-5-4-6-26/h7-14,17-18,26,29,32,39H,2-6,15-16,19-20H2,1H3/t29-,32-/m1/s1. The molecule has 3 aromatic carbocycles. The predicted molar refractivity (Wildman–Crippen MR) is 155 cm³/mol. The zero-order chi connectivity index (χ0) is 29.2. The number of halogens is 2. The summed E-state index contributed by atoms with van der Waals surface area (Å²) in [6.45, 7) is 2.36. The topological polar surface area (TPSA) is 74.6 Å². The van der Waals surface area contributed by atoms with Crippen molar-refractivity contribution in [2.45, 2.75) is 57.0 Å². The fraction of sp³-hybridized carbons (Fsp3) is 0.394. The molecule has 0 aromatic heterocycles. The molecular weight excluding hydrogens is 540 g/mol. The number of hydrogen-bond acceptors (Lipinski definition) is 6. The van der Waals surface area contributed by atoms with E-state index in [1.807, 2.05) is 18.2 Å². The molecule has 0 radical (unpaired) electrons. The van der Waals surface area contributed by atoms with Gasteiger partial charge in [-0.15, -0.1) is 0 Å². The van der Waals surface area contributed by atoms with Gasteiger partial charge in [0, 0.05) is 24.7 Å². The van der Waals surface area contributed by atoms with Gasteiger partial charge in [-0.2, -0.15) is 0 Å². The van der Waals surface area contributed by atoms with Gasteiger partial charge < -0.3 is 24.5 Å². The Balaban J connectivity index is 1.25. The summed E-state index contributed by atoms with van der Waals surface area (Å²) >= 11 is 0. The highest BCUT2D eigenvalue weighted by molar-refractivity contribution is 6.45. The third-order valence-electron chi connectivity index (χ3n) is 8.59. The van der Waals surface area contributed by atoms with E-state index in [9.17, 15) is 14.3 Å². The molecule has 9 heteroatoms. The van der Waals surface area contributed by atoms with Crippen molar-refractivity contribution in [3.63, 3.8) is 0 Å². The van der Waals surface area contributed by atoms with Gasteiger partial charge in [0.05, 0.1) is 12.1 Å². The lowest BCUT2D eigenvalue weighted by Gasteiger charge is -2.35. The molecule has 2 atom stereocenters. The van der Waals surface area contributed by atoms with E-state index in [-0.39, 0.29) is 30.0 Å². The lowest BCUT2D eigenvalue weighted by molar-refractivity contribution is -0.128. The Morgan fingerprint density at radius 3 is 2.48 bits per heavy atom. The van der Waals surface area contributed by atoms with Crippen LogP contribution in [0, 0.1) is 11.6 Å². The van der Waals surface area contributed by atoms with Crippen molar-refractivity contribution >= 4 is 11.6 Å². The third-order valence-corrected chi connectivity index (χ3v) is 8.59. The summed E-state index contributed by atoms with van der Waals surface area (Å²) in [5.41, 5.74) is 3.65. The first-order valence-corrected chi connectivity index (χ1v) is 14.6. The molecule has 0 spiro atoms. The SMILES string of the molecule is CN(C(=O)C1=NOCc2cc(-c3ccc(F)cc3)ccc21)[C@H](CN1CCCC1)[C@H](O)c1ccc(OC2CCC2)c(F)c1. The van der Waals surface area contributed by atoms with Crippen LogP contribution in [0.1, 0.15) is 54.9 Å². The van der Waals surface area contributed by atoms with Gasteiger partial charge in [-0.3, -0.25) is 4.79 Å². The number of oxime groups is 1. The smallest absolute Gasteiger partial charge is 0.276 e. The Kier molecular flexibility index (Phi) is 8.22. The Morgan fingerprint density at radius 1 is 1.05 bits per heavy atom. The van der Waals surface area contributed by atoms with Gasteiger partial charge in [0.25, 0.3) is 5.91 Å². The van der Waals surface area contributed by atoms with Gasteiger partial charge in [-0.1, -0.05) is 35.5 Å². The highest BCUT2D eigenvalue weighted by Crippen LogP contribution is 2.32. The Morgan fingerprint density at radius 2 is 1.79 bits per heavy atom. The van der Waals surface area contributed by atoms with Gasteiger partial charge in [0.15, 0.2) is 17.3 Å². The summed E-state index contributed by atoms with van der Waals surface area (Å²) in [4.78, 5) is 23.1. The van der Waals surface area contributed by atoms with E-state index in [0.717, 1.165) is 61.9 Å². The normalized spacial score (nSPS) is 18.3. The molecule has 1 saturated carbocycles. The van der Waals surface area contributed by atoms with E-state index >= 15 is 4.39 Å².